The van der Waals surface area contributed by atoms with Gasteiger partial charge in [-0.1, -0.05) is 36.4 Å². The van der Waals surface area contributed by atoms with E-state index < -0.39 is 12.2 Å². The fraction of sp³-hybridized carbons (Fsp3) is 0.429. The molecule has 6 heteroatoms. The van der Waals surface area contributed by atoms with Crippen molar-refractivity contribution in [3.8, 4) is 11.5 Å². The number of rotatable bonds is 13. The van der Waals surface area contributed by atoms with Crippen LogP contribution in [-0.2, 0) is 0 Å². The molecule has 2 rings (SSSR count). The van der Waals surface area contributed by atoms with E-state index in [1.54, 1.807) is 0 Å². The molecule has 148 valence electrons. The third kappa shape index (κ3) is 9.40. The lowest BCUT2D eigenvalue weighted by molar-refractivity contribution is 0.100. The van der Waals surface area contributed by atoms with Crippen LogP contribution in [0.25, 0.3) is 0 Å². The maximum Gasteiger partial charge on any atom is 0.119 e. The minimum atomic E-state index is -0.586. The van der Waals surface area contributed by atoms with Crippen LogP contribution in [0.2, 0.25) is 0 Å². The van der Waals surface area contributed by atoms with Gasteiger partial charge in [0.15, 0.2) is 0 Å². The monoisotopic (exact) mass is 374 g/mol. The van der Waals surface area contributed by atoms with Gasteiger partial charge in [0.25, 0.3) is 0 Å². The molecule has 0 spiro atoms. The third-order valence-electron chi connectivity index (χ3n) is 3.90. The first-order chi connectivity index (χ1) is 13.1. The van der Waals surface area contributed by atoms with E-state index in [1.807, 2.05) is 67.6 Å². The van der Waals surface area contributed by atoms with Crippen LogP contribution in [0, 0.1) is 0 Å². The Hall–Kier alpha value is -2.12. The normalized spacial score (nSPS) is 14.3. The zero-order valence-electron chi connectivity index (χ0n) is 15.8. The number of ether oxygens (including phenoxy) is 2. The molecule has 2 aromatic carbocycles. The van der Waals surface area contributed by atoms with Crippen LogP contribution < -0.4 is 20.1 Å². The van der Waals surface area contributed by atoms with Crippen LogP contribution in [0.1, 0.15) is 6.92 Å². The predicted molar refractivity (Wildman–Crippen MR) is 106 cm³/mol. The number of aliphatic hydroxyl groups is 2. The van der Waals surface area contributed by atoms with E-state index in [1.165, 1.54) is 0 Å². The Bertz CT molecular complexity index is 612. The Morgan fingerprint density at radius 2 is 1.22 bits per heavy atom. The van der Waals surface area contributed by atoms with Crippen molar-refractivity contribution in [2.75, 3.05) is 32.8 Å². The van der Waals surface area contributed by atoms with Crippen molar-refractivity contribution in [2.45, 2.75) is 25.2 Å². The maximum atomic E-state index is 9.99. The van der Waals surface area contributed by atoms with E-state index in [0.717, 1.165) is 11.5 Å². The molecule has 2 aromatic rings. The molecule has 4 N–H and O–H groups in total. The largest absolute Gasteiger partial charge is 0.491 e. The van der Waals surface area contributed by atoms with Crippen molar-refractivity contribution in [1.29, 1.82) is 0 Å². The summed E-state index contributed by atoms with van der Waals surface area (Å²) in [6.45, 7) is 4.06. The van der Waals surface area contributed by atoms with Crippen molar-refractivity contribution < 1.29 is 19.7 Å². The first-order valence-corrected chi connectivity index (χ1v) is 9.29. The number of hydrogen-bond acceptors (Lipinski definition) is 6. The summed E-state index contributed by atoms with van der Waals surface area (Å²) in [5, 5.41) is 26.4. The Morgan fingerprint density at radius 1 is 0.741 bits per heavy atom. The van der Waals surface area contributed by atoms with Gasteiger partial charge in [-0.2, -0.15) is 0 Å². The van der Waals surface area contributed by atoms with Gasteiger partial charge >= 0.3 is 0 Å². The first kappa shape index (κ1) is 21.2. The lowest BCUT2D eigenvalue weighted by Gasteiger charge is -2.19. The molecular formula is C21H30N2O4. The van der Waals surface area contributed by atoms with Crippen LogP contribution >= 0.6 is 0 Å². The zero-order chi connectivity index (χ0) is 19.3. The lowest BCUT2D eigenvalue weighted by Crippen LogP contribution is -2.43. The van der Waals surface area contributed by atoms with Crippen LogP contribution in [0.4, 0.5) is 0 Å². The quantitative estimate of drug-likeness (QED) is 0.425. The number of hydrogen-bond donors (Lipinski definition) is 4. The van der Waals surface area contributed by atoms with Gasteiger partial charge in [0.05, 0.1) is 0 Å². The molecule has 0 saturated carbocycles. The van der Waals surface area contributed by atoms with Gasteiger partial charge < -0.3 is 30.3 Å². The molecule has 0 amide bonds. The topological polar surface area (TPSA) is 83.0 Å². The van der Waals surface area contributed by atoms with Crippen molar-refractivity contribution in [1.82, 2.24) is 10.6 Å². The fourth-order valence-electron chi connectivity index (χ4n) is 2.41. The molecule has 0 aliphatic carbocycles. The van der Waals surface area contributed by atoms with E-state index in [-0.39, 0.29) is 19.3 Å². The number of aliphatic hydroxyl groups excluding tert-OH is 2. The smallest absolute Gasteiger partial charge is 0.119 e. The molecule has 0 saturated heterocycles. The Kier molecular flexibility index (Phi) is 9.65. The van der Waals surface area contributed by atoms with Gasteiger partial charge in [-0.25, -0.2) is 0 Å². The van der Waals surface area contributed by atoms with Gasteiger partial charge in [0.1, 0.15) is 36.9 Å². The molecule has 0 fully saturated rings. The van der Waals surface area contributed by atoms with E-state index in [4.69, 9.17) is 9.47 Å². The van der Waals surface area contributed by atoms with Crippen LogP contribution in [0.15, 0.2) is 60.7 Å². The molecule has 0 aliphatic heterocycles. The zero-order valence-corrected chi connectivity index (χ0v) is 15.8. The van der Waals surface area contributed by atoms with Crippen LogP contribution in [-0.4, -0.2) is 61.3 Å². The molecular weight excluding hydrogens is 344 g/mol. The number of benzene rings is 2. The van der Waals surface area contributed by atoms with Crippen LogP contribution in [0.3, 0.4) is 0 Å². The summed E-state index contributed by atoms with van der Waals surface area (Å²) in [4.78, 5) is 0. The highest BCUT2D eigenvalue weighted by atomic mass is 16.5. The van der Waals surface area contributed by atoms with Gasteiger partial charge in [-0.3, -0.25) is 0 Å². The molecule has 0 radical (unpaired) electrons. The minimum absolute atomic E-state index is 0.151. The molecule has 0 aromatic heterocycles. The second kappa shape index (κ2) is 12.3. The summed E-state index contributed by atoms with van der Waals surface area (Å²) in [6, 6.07) is 19.0. The van der Waals surface area contributed by atoms with Gasteiger partial charge in [0, 0.05) is 25.7 Å². The summed E-state index contributed by atoms with van der Waals surface area (Å²) in [6.07, 6.45) is -1.17. The summed E-state index contributed by atoms with van der Waals surface area (Å²) >= 11 is 0. The molecule has 27 heavy (non-hydrogen) atoms. The van der Waals surface area contributed by atoms with E-state index >= 15 is 0 Å². The van der Waals surface area contributed by atoms with Crippen LogP contribution in [0.5, 0.6) is 11.5 Å². The number of nitrogens with one attached hydrogen (secondary N) is 2. The molecule has 0 aliphatic rings. The minimum Gasteiger partial charge on any atom is -0.491 e. The summed E-state index contributed by atoms with van der Waals surface area (Å²) in [7, 11) is 0. The average Bonchev–Trinajstić information content (AvgIpc) is 2.70. The lowest BCUT2D eigenvalue weighted by atomic mass is 10.3. The maximum absolute atomic E-state index is 9.99. The third-order valence-corrected chi connectivity index (χ3v) is 3.90. The van der Waals surface area contributed by atoms with E-state index in [0.29, 0.717) is 19.6 Å². The SMILES string of the molecule is CC(CNCC(O)COc1ccccc1)NCC(O)COc1ccccc1. The van der Waals surface area contributed by atoms with Gasteiger partial charge in [0.2, 0.25) is 0 Å². The second-order valence-electron chi connectivity index (χ2n) is 6.52. The Labute approximate surface area is 161 Å². The first-order valence-electron chi connectivity index (χ1n) is 9.29. The fourth-order valence-corrected chi connectivity index (χ4v) is 2.41. The van der Waals surface area contributed by atoms with Crippen molar-refractivity contribution in [3.05, 3.63) is 60.7 Å². The molecule has 0 bridgehead atoms. The molecule has 0 heterocycles. The molecule has 6 nitrogen and oxygen atoms in total. The summed E-state index contributed by atoms with van der Waals surface area (Å²) in [5.41, 5.74) is 0. The molecule has 3 atom stereocenters. The summed E-state index contributed by atoms with van der Waals surface area (Å²) < 4.78 is 11.0. The van der Waals surface area contributed by atoms with Crippen molar-refractivity contribution in [2.24, 2.45) is 0 Å². The van der Waals surface area contributed by atoms with Gasteiger partial charge in [-0.15, -0.1) is 0 Å². The second-order valence-corrected chi connectivity index (χ2v) is 6.52. The highest BCUT2D eigenvalue weighted by molar-refractivity contribution is 5.21. The summed E-state index contributed by atoms with van der Waals surface area (Å²) in [5.74, 6) is 1.50. The number of para-hydroxylation sites is 2. The van der Waals surface area contributed by atoms with Crippen molar-refractivity contribution in [3.63, 3.8) is 0 Å². The van der Waals surface area contributed by atoms with Crippen molar-refractivity contribution >= 4 is 0 Å². The van der Waals surface area contributed by atoms with E-state index in [2.05, 4.69) is 10.6 Å². The standard InChI is InChI=1S/C21H30N2O4/c1-17(23-14-19(25)16-27-21-10-6-3-7-11-21)12-22-13-18(24)15-26-20-8-4-2-5-9-20/h2-11,17-19,22-25H,12-16H2,1H3. The Morgan fingerprint density at radius 3 is 1.74 bits per heavy atom. The highest BCUT2D eigenvalue weighted by Gasteiger charge is 2.09. The molecule has 3 unspecified atom stereocenters. The predicted octanol–water partition coefficient (Wildman–Crippen LogP) is 1.43. The highest BCUT2D eigenvalue weighted by Crippen LogP contribution is 2.09. The Balaban J connectivity index is 1.50. The van der Waals surface area contributed by atoms with E-state index in [9.17, 15) is 10.2 Å². The van der Waals surface area contributed by atoms with Gasteiger partial charge in [-0.05, 0) is 31.2 Å². The average molecular weight is 374 g/mol.